The van der Waals surface area contributed by atoms with Crippen LogP contribution in [0.1, 0.15) is 5.56 Å². The maximum atomic E-state index is 8.90. The molecule has 0 saturated carbocycles. The van der Waals surface area contributed by atoms with Gasteiger partial charge in [-0.3, -0.25) is 0 Å². The highest BCUT2D eigenvalue weighted by atomic mass is 15.3. The van der Waals surface area contributed by atoms with Crippen molar-refractivity contribution in [2.45, 2.75) is 0 Å². The fourth-order valence-corrected chi connectivity index (χ4v) is 1.45. The monoisotopic (exact) mass is 240 g/mol. The van der Waals surface area contributed by atoms with Crippen LogP contribution in [0.2, 0.25) is 0 Å². The number of nitrogens with two attached hydrogens (primary N) is 1. The third kappa shape index (κ3) is 2.47. The molecule has 0 aliphatic carbocycles. The van der Waals surface area contributed by atoms with Crippen LogP contribution in [0.5, 0.6) is 0 Å². The van der Waals surface area contributed by atoms with E-state index >= 15 is 0 Å². The van der Waals surface area contributed by atoms with Crippen molar-refractivity contribution >= 4 is 17.5 Å². The van der Waals surface area contributed by atoms with Gasteiger partial charge in [-0.2, -0.15) is 15.4 Å². The second kappa shape index (κ2) is 5.01. The minimum atomic E-state index is 0.210. The van der Waals surface area contributed by atoms with Gasteiger partial charge in [0.05, 0.1) is 6.20 Å². The lowest BCUT2D eigenvalue weighted by Gasteiger charge is -2.05. The third-order valence-electron chi connectivity index (χ3n) is 2.30. The molecule has 2 rings (SSSR count). The fourth-order valence-electron chi connectivity index (χ4n) is 1.45. The molecule has 0 aliphatic rings. The quantitative estimate of drug-likeness (QED) is 0.612. The zero-order valence-electron chi connectivity index (χ0n) is 9.83. The Balaban J connectivity index is 2.23. The zero-order chi connectivity index (χ0) is 13.0. The van der Waals surface area contributed by atoms with Crippen LogP contribution in [0, 0.1) is 11.3 Å². The van der Waals surface area contributed by atoms with Gasteiger partial charge in [-0.15, -0.1) is 0 Å². The van der Waals surface area contributed by atoms with Crippen LogP contribution in [0.25, 0.3) is 0 Å². The number of hydrogen-bond donors (Lipinski definition) is 2. The van der Waals surface area contributed by atoms with Crippen molar-refractivity contribution in [3.05, 3.63) is 42.1 Å². The Hall–Kier alpha value is -2.81. The van der Waals surface area contributed by atoms with Crippen LogP contribution in [0.15, 0.2) is 41.5 Å². The minimum Gasteiger partial charge on any atom is -0.369 e. The van der Waals surface area contributed by atoms with Gasteiger partial charge in [-0.25, -0.2) is 4.68 Å². The van der Waals surface area contributed by atoms with Crippen molar-refractivity contribution < 1.29 is 0 Å². The molecular formula is C12H12N6. The minimum absolute atomic E-state index is 0.210. The van der Waals surface area contributed by atoms with Gasteiger partial charge in [0.25, 0.3) is 0 Å². The molecule has 0 atom stereocenters. The van der Waals surface area contributed by atoms with Crippen molar-refractivity contribution in [3.8, 4) is 6.07 Å². The van der Waals surface area contributed by atoms with E-state index in [-0.39, 0.29) is 5.96 Å². The summed E-state index contributed by atoms with van der Waals surface area (Å²) in [7, 11) is 1.70. The van der Waals surface area contributed by atoms with E-state index in [1.165, 1.54) is 10.9 Å². The molecule has 0 unspecified atom stereocenters. The summed E-state index contributed by atoms with van der Waals surface area (Å²) in [6.45, 7) is 0. The lowest BCUT2D eigenvalue weighted by atomic mass is 10.3. The summed E-state index contributed by atoms with van der Waals surface area (Å²) in [5, 5.41) is 15.8. The maximum absolute atomic E-state index is 8.90. The van der Waals surface area contributed by atoms with Crippen molar-refractivity contribution in [2.24, 2.45) is 17.8 Å². The van der Waals surface area contributed by atoms with Gasteiger partial charge in [-0.1, -0.05) is 18.2 Å². The van der Waals surface area contributed by atoms with Gasteiger partial charge in [0.2, 0.25) is 0 Å². The van der Waals surface area contributed by atoms with Crippen LogP contribution >= 0.6 is 0 Å². The molecule has 1 aromatic carbocycles. The number of aromatic nitrogens is 2. The summed E-state index contributed by atoms with van der Waals surface area (Å²) < 4.78 is 1.50. The molecule has 1 heterocycles. The van der Waals surface area contributed by atoms with Gasteiger partial charge in [0, 0.05) is 12.7 Å². The SMILES string of the molecule is Cn1ncc(C#N)c1/N=C(\N)Nc1ccccc1. The summed E-state index contributed by atoms with van der Waals surface area (Å²) in [5.41, 5.74) is 7.00. The van der Waals surface area contributed by atoms with E-state index in [9.17, 15) is 0 Å². The molecule has 0 aliphatic heterocycles. The number of guanidine groups is 1. The van der Waals surface area contributed by atoms with E-state index < -0.39 is 0 Å². The van der Waals surface area contributed by atoms with E-state index in [1.54, 1.807) is 7.05 Å². The first-order valence-corrected chi connectivity index (χ1v) is 5.29. The largest absolute Gasteiger partial charge is 0.369 e. The number of rotatable bonds is 2. The summed E-state index contributed by atoms with van der Waals surface area (Å²) in [4.78, 5) is 4.15. The highest BCUT2D eigenvalue weighted by Crippen LogP contribution is 2.16. The van der Waals surface area contributed by atoms with E-state index in [1.807, 2.05) is 36.4 Å². The van der Waals surface area contributed by atoms with Gasteiger partial charge in [-0.05, 0) is 12.1 Å². The number of nitrogens with zero attached hydrogens (tertiary/aromatic N) is 4. The van der Waals surface area contributed by atoms with Crippen LogP contribution in [-0.2, 0) is 7.05 Å². The van der Waals surface area contributed by atoms with Crippen LogP contribution < -0.4 is 11.1 Å². The first-order chi connectivity index (χ1) is 8.70. The Morgan fingerprint density at radius 2 is 2.17 bits per heavy atom. The molecule has 0 saturated heterocycles. The highest BCUT2D eigenvalue weighted by molar-refractivity contribution is 5.94. The molecular weight excluding hydrogens is 228 g/mol. The van der Waals surface area contributed by atoms with E-state index in [0.717, 1.165) is 5.69 Å². The summed E-state index contributed by atoms with van der Waals surface area (Å²) in [6.07, 6.45) is 1.45. The molecule has 0 radical (unpaired) electrons. The molecule has 18 heavy (non-hydrogen) atoms. The molecule has 2 aromatic rings. The smallest absolute Gasteiger partial charge is 0.199 e. The lowest BCUT2D eigenvalue weighted by molar-refractivity contribution is 0.770. The third-order valence-corrected chi connectivity index (χ3v) is 2.30. The first-order valence-electron chi connectivity index (χ1n) is 5.29. The Bertz CT molecular complexity index is 605. The number of para-hydroxylation sites is 1. The predicted octanol–water partition coefficient (Wildman–Crippen LogP) is 1.35. The van der Waals surface area contributed by atoms with Gasteiger partial charge in [0.15, 0.2) is 11.8 Å². The Kier molecular flexibility index (Phi) is 3.25. The number of anilines is 1. The zero-order valence-corrected chi connectivity index (χ0v) is 9.83. The highest BCUT2D eigenvalue weighted by Gasteiger charge is 2.07. The molecule has 6 nitrogen and oxygen atoms in total. The average molecular weight is 240 g/mol. The lowest BCUT2D eigenvalue weighted by Crippen LogP contribution is -2.22. The maximum Gasteiger partial charge on any atom is 0.199 e. The van der Waals surface area contributed by atoms with Gasteiger partial charge in [0.1, 0.15) is 11.6 Å². The number of nitrogens with one attached hydrogen (secondary N) is 1. The molecule has 6 heteroatoms. The number of aliphatic imine (C=N–C) groups is 1. The summed E-state index contributed by atoms with van der Waals surface area (Å²) >= 11 is 0. The predicted molar refractivity (Wildman–Crippen MR) is 69.3 cm³/mol. The first kappa shape index (κ1) is 11.7. The van der Waals surface area contributed by atoms with E-state index in [4.69, 9.17) is 11.0 Å². The number of hydrogen-bond acceptors (Lipinski definition) is 3. The Morgan fingerprint density at radius 1 is 1.44 bits per heavy atom. The van der Waals surface area contributed by atoms with Crippen LogP contribution in [0.4, 0.5) is 11.5 Å². The number of benzene rings is 1. The van der Waals surface area contributed by atoms with Crippen LogP contribution in [0.3, 0.4) is 0 Å². The standard InChI is InChI=1S/C12H12N6/c1-18-11(9(7-13)8-15-18)17-12(14)16-10-5-3-2-4-6-10/h2-6,8H,1H3,(H3,14,16,17). The fraction of sp³-hybridized carbons (Fsp3) is 0.0833. The normalized spacial score (nSPS) is 11.0. The second-order valence-corrected chi connectivity index (χ2v) is 3.61. The van der Waals surface area contributed by atoms with Crippen molar-refractivity contribution in [1.82, 2.24) is 9.78 Å². The number of nitriles is 1. The molecule has 90 valence electrons. The Labute approximate surface area is 104 Å². The van der Waals surface area contributed by atoms with Crippen molar-refractivity contribution in [3.63, 3.8) is 0 Å². The molecule has 0 fully saturated rings. The molecule has 0 bridgehead atoms. The van der Waals surface area contributed by atoms with Gasteiger partial charge < -0.3 is 11.1 Å². The van der Waals surface area contributed by atoms with E-state index in [2.05, 4.69) is 15.4 Å². The van der Waals surface area contributed by atoms with E-state index in [0.29, 0.717) is 11.4 Å². The summed E-state index contributed by atoms with van der Waals surface area (Å²) in [5.74, 6) is 0.639. The van der Waals surface area contributed by atoms with Gasteiger partial charge >= 0.3 is 0 Å². The van der Waals surface area contributed by atoms with Crippen molar-refractivity contribution in [1.29, 1.82) is 5.26 Å². The topological polar surface area (TPSA) is 92.0 Å². The second-order valence-electron chi connectivity index (χ2n) is 3.61. The van der Waals surface area contributed by atoms with Crippen LogP contribution in [-0.4, -0.2) is 15.7 Å². The van der Waals surface area contributed by atoms with Crippen molar-refractivity contribution in [2.75, 3.05) is 5.32 Å². The Morgan fingerprint density at radius 3 is 2.83 bits per heavy atom. The number of aryl methyl sites for hydroxylation is 1. The molecule has 3 N–H and O–H groups in total. The molecule has 0 spiro atoms. The molecule has 1 aromatic heterocycles. The summed E-state index contributed by atoms with van der Waals surface area (Å²) in [6, 6.07) is 11.4. The molecule has 0 amide bonds. The average Bonchev–Trinajstić information content (AvgIpc) is 2.72.